The Hall–Kier alpha value is -2.68. The SMILES string of the molecule is COc1ncc(C)cc1C1(N2C[C@H](O)C[C@H]2C(=O)N(C)C)C(=O)Nc2ccc(Cl)cc21. The van der Waals surface area contributed by atoms with Crippen molar-refractivity contribution in [3.05, 3.63) is 52.2 Å². The smallest absolute Gasteiger partial charge is 0.254 e. The summed E-state index contributed by atoms with van der Waals surface area (Å²) in [7, 11) is 4.81. The van der Waals surface area contributed by atoms with Gasteiger partial charge in [-0.3, -0.25) is 14.5 Å². The number of likely N-dealkylation sites (tertiary alicyclic amines) is 1. The third kappa shape index (κ3) is 3.26. The second-order valence-corrected chi connectivity index (χ2v) is 8.65. The first-order chi connectivity index (χ1) is 14.7. The van der Waals surface area contributed by atoms with Gasteiger partial charge in [-0.2, -0.15) is 0 Å². The number of β-amino-alcohol motifs (C(OH)–C–C–N with tert-alkyl or cyclic N) is 1. The Morgan fingerprint density at radius 3 is 2.77 bits per heavy atom. The van der Waals surface area contributed by atoms with Gasteiger partial charge >= 0.3 is 0 Å². The van der Waals surface area contributed by atoms with Gasteiger partial charge in [0.15, 0.2) is 5.54 Å². The Bertz CT molecular complexity index is 1060. The summed E-state index contributed by atoms with van der Waals surface area (Å²) in [4.78, 5) is 34.5. The molecule has 1 aromatic carbocycles. The van der Waals surface area contributed by atoms with Gasteiger partial charge in [0.05, 0.1) is 19.3 Å². The number of ether oxygens (including phenoxy) is 1. The van der Waals surface area contributed by atoms with Crippen LogP contribution in [-0.2, 0) is 15.1 Å². The molecule has 0 spiro atoms. The van der Waals surface area contributed by atoms with Crippen molar-refractivity contribution in [2.75, 3.05) is 33.1 Å². The number of pyridine rings is 1. The summed E-state index contributed by atoms with van der Waals surface area (Å²) in [6, 6.07) is 6.28. The van der Waals surface area contributed by atoms with Crippen molar-refractivity contribution in [1.82, 2.24) is 14.8 Å². The van der Waals surface area contributed by atoms with E-state index in [-0.39, 0.29) is 30.7 Å². The van der Waals surface area contributed by atoms with E-state index in [4.69, 9.17) is 16.3 Å². The molecule has 31 heavy (non-hydrogen) atoms. The Morgan fingerprint density at radius 1 is 1.35 bits per heavy atom. The average Bonchev–Trinajstić information content (AvgIpc) is 3.24. The van der Waals surface area contributed by atoms with Crippen LogP contribution in [0.5, 0.6) is 5.88 Å². The van der Waals surface area contributed by atoms with E-state index < -0.39 is 17.7 Å². The summed E-state index contributed by atoms with van der Waals surface area (Å²) in [6.45, 7) is 2.00. The largest absolute Gasteiger partial charge is 0.481 e. The van der Waals surface area contributed by atoms with Crippen LogP contribution in [0.3, 0.4) is 0 Å². The zero-order valence-electron chi connectivity index (χ0n) is 17.8. The number of methoxy groups -OCH3 is 1. The lowest BCUT2D eigenvalue weighted by Gasteiger charge is -2.41. The number of amides is 2. The predicted octanol–water partition coefficient (Wildman–Crippen LogP) is 1.77. The van der Waals surface area contributed by atoms with Crippen molar-refractivity contribution in [3.63, 3.8) is 0 Å². The zero-order chi connectivity index (χ0) is 22.5. The van der Waals surface area contributed by atoms with Gasteiger partial charge in [-0.1, -0.05) is 11.6 Å². The highest BCUT2D eigenvalue weighted by Crippen LogP contribution is 2.51. The number of fused-ring (bicyclic) bond motifs is 1. The van der Waals surface area contributed by atoms with E-state index >= 15 is 0 Å². The van der Waals surface area contributed by atoms with E-state index in [1.54, 1.807) is 43.4 Å². The first-order valence-corrected chi connectivity index (χ1v) is 10.4. The Kier molecular flexibility index (Phi) is 5.41. The lowest BCUT2D eigenvalue weighted by molar-refractivity contribution is -0.138. The highest BCUT2D eigenvalue weighted by Gasteiger charge is 2.59. The molecule has 1 fully saturated rings. The third-order valence-electron chi connectivity index (χ3n) is 5.95. The van der Waals surface area contributed by atoms with Gasteiger partial charge in [0.25, 0.3) is 5.91 Å². The number of anilines is 1. The zero-order valence-corrected chi connectivity index (χ0v) is 18.6. The van der Waals surface area contributed by atoms with Crippen LogP contribution in [0.1, 0.15) is 23.1 Å². The van der Waals surface area contributed by atoms with Gasteiger partial charge in [0.2, 0.25) is 11.8 Å². The van der Waals surface area contributed by atoms with E-state index in [1.165, 1.54) is 12.0 Å². The molecule has 4 rings (SSSR count). The monoisotopic (exact) mass is 444 g/mol. The van der Waals surface area contributed by atoms with Crippen LogP contribution in [0, 0.1) is 6.92 Å². The second-order valence-electron chi connectivity index (χ2n) is 8.21. The highest BCUT2D eigenvalue weighted by atomic mass is 35.5. The van der Waals surface area contributed by atoms with Crippen molar-refractivity contribution in [2.45, 2.75) is 31.0 Å². The maximum atomic E-state index is 13.8. The van der Waals surface area contributed by atoms with Crippen LogP contribution >= 0.6 is 11.6 Å². The maximum absolute atomic E-state index is 13.8. The van der Waals surface area contributed by atoms with Crippen molar-refractivity contribution < 1.29 is 19.4 Å². The van der Waals surface area contributed by atoms with Crippen LogP contribution < -0.4 is 10.1 Å². The molecule has 0 radical (unpaired) electrons. The number of carbonyl (C=O) groups excluding carboxylic acids is 2. The first kappa shape index (κ1) is 21.5. The molecule has 0 aliphatic carbocycles. The van der Waals surface area contributed by atoms with Crippen molar-refractivity contribution >= 4 is 29.1 Å². The number of likely N-dealkylation sites (N-methyl/N-ethyl adjacent to an activating group) is 1. The number of halogens is 1. The number of aryl methyl sites for hydroxylation is 1. The molecule has 2 aromatic rings. The molecule has 3 heterocycles. The molecule has 2 N–H and O–H groups in total. The number of aromatic nitrogens is 1. The van der Waals surface area contributed by atoms with Crippen LogP contribution in [0.25, 0.3) is 0 Å². The Labute approximate surface area is 185 Å². The van der Waals surface area contributed by atoms with Crippen molar-refractivity contribution in [1.29, 1.82) is 0 Å². The minimum atomic E-state index is -1.45. The number of aliphatic hydroxyl groups excluding tert-OH is 1. The quantitative estimate of drug-likeness (QED) is 0.746. The summed E-state index contributed by atoms with van der Waals surface area (Å²) in [5, 5.41) is 14.0. The topological polar surface area (TPSA) is 95.0 Å². The fraction of sp³-hybridized carbons (Fsp3) is 0.409. The molecular weight excluding hydrogens is 420 g/mol. The van der Waals surface area contributed by atoms with E-state index in [9.17, 15) is 14.7 Å². The van der Waals surface area contributed by atoms with Gasteiger partial charge in [-0.05, 0) is 43.2 Å². The number of nitrogens with one attached hydrogen (secondary N) is 1. The number of hydrogen-bond donors (Lipinski definition) is 2. The Balaban J connectivity index is 2.05. The lowest BCUT2D eigenvalue weighted by atomic mass is 9.81. The summed E-state index contributed by atoms with van der Waals surface area (Å²) < 4.78 is 5.55. The van der Waals surface area contributed by atoms with Gasteiger partial charge < -0.3 is 20.1 Å². The lowest BCUT2D eigenvalue weighted by Crippen LogP contribution is -2.57. The van der Waals surface area contributed by atoms with Gasteiger partial charge in [0.1, 0.15) is 0 Å². The van der Waals surface area contributed by atoms with E-state index in [0.717, 1.165) is 5.56 Å². The minimum absolute atomic E-state index is 0.126. The van der Waals surface area contributed by atoms with Crippen molar-refractivity contribution in [3.8, 4) is 5.88 Å². The third-order valence-corrected chi connectivity index (χ3v) is 6.19. The number of benzene rings is 1. The molecule has 8 nitrogen and oxygen atoms in total. The number of aliphatic hydroxyl groups is 1. The molecule has 9 heteroatoms. The number of hydrogen-bond acceptors (Lipinski definition) is 6. The van der Waals surface area contributed by atoms with Gasteiger partial charge in [-0.15, -0.1) is 0 Å². The van der Waals surface area contributed by atoms with Crippen LogP contribution in [0.2, 0.25) is 5.02 Å². The molecule has 1 unspecified atom stereocenters. The van der Waals surface area contributed by atoms with E-state index in [1.807, 2.05) is 13.0 Å². The van der Waals surface area contributed by atoms with E-state index in [0.29, 0.717) is 21.8 Å². The molecule has 2 aliphatic rings. The normalized spacial score (nSPS) is 25.3. The maximum Gasteiger partial charge on any atom is 0.254 e. The fourth-order valence-corrected chi connectivity index (χ4v) is 4.83. The van der Waals surface area contributed by atoms with Crippen LogP contribution in [0.4, 0.5) is 5.69 Å². The summed E-state index contributed by atoms with van der Waals surface area (Å²) in [5.41, 5.74) is 1.07. The molecular formula is C22H25ClN4O4. The molecule has 1 aromatic heterocycles. The van der Waals surface area contributed by atoms with Gasteiger partial charge in [0, 0.05) is 48.7 Å². The average molecular weight is 445 g/mol. The predicted molar refractivity (Wildman–Crippen MR) is 116 cm³/mol. The summed E-state index contributed by atoms with van der Waals surface area (Å²) in [6.07, 6.45) is 1.10. The van der Waals surface area contributed by atoms with Gasteiger partial charge in [-0.25, -0.2) is 4.98 Å². The second kappa shape index (κ2) is 7.78. The van der Waals surface area contributed by atoms with Crippen LogP contribution in [0.15, 0.2) is 30.5 Å². The molecule has 0 saturated carbocycles. The Morgan fingerprint density at radius 2 is 2.10 bits per heavy atom. The molecule has 2 amide bonds. The molecule has 0 bridgehead atoms. The number of carbonyl (C=O) groups is 2. The molecule has 3 atom stereocenters. The standard InChI is InChI=1S/C22H25ClN4O4/c1-12-7-16(19(31-4)24-10-12)22(15-8-13(23)5-6-17(15)25-21(22)30)27-11-14(28)9-18(27)20(29)26(2)3/h5-8,10,14,18,28H,9,11H2,1-4H3,(H,25,30)/t14-,18+,22?/m1/s1. The minimum Gasteiger partial charge on any atom is -0.481 e. The summed E-state index contributed by atoms with van der Waals surface area (Å²) >= 11 is 6.35. The first-order valence-electron chi connectivity index (χ1n) is 9.98. The number of rotatable bonds is 4. The van der Waals surface area contributed by atoms with Crippen LogP contribution in [-0.4, -0.2) is 71.6 Å². The van der Waals surface area contributed by atoms with Crippen molar-refractivity contribution in [2.24, 2.45) is 0 Å². The fourth-order valence-electron chi connectivity index (χ4n) is 4.66. The molecule has 164 valence electrons. The summed E-state index contributed by atoms with van der Waals surface area (Å²) in [5.74, 6) is -0.272. The number of nitrogens with zero attached hydrogens (tertiary/aromatic N) is 3. The molecule has 2 aliphatic heterocycles. The molecule has 1 saturated heterocycles. The highest BCUT2D eigenvalue weighted by molar-refractivity contribution is 6.31. The van der Waals surface area contributed by atoms with E-state index in [2.05, 4.69) is 10.3 Å².